The van der Waals surface area contributed by atoms with Crippen LogP contribution in [0.5, 0.6) is 0 Å². The highest BCUT2D eigenvalue weighted by Crippen LogP contribution is 2.30. The van der Waals surface area contributed by atoms with Gasteiger partial charge in [0.1, 0.15) is 5.82 Å². The van der Waals surface area contributed by atoms with Crippen molar-refractivity contribution in [2.45, 2.75) is 56.9 Å². The van der Waals surface area contributed by atoms with Gasteiger partial charge < -0.3 is 24.9 Å². The third kappa shape index (κ3) is 8.82. The van der Waals surface area contributed by atoms with Crippen LogP contribution in [-0.2, 0) is 25.8 Å². The molecule has 0 aliphatic heterocycles. The average Bonchev–Trinajstić information content (AvgIpc) is 3.44. The number of aryl methyl sites for hydroxylation is 2. The van der Waals surface area contributed by atoms with Gasteiger partial charge in [-0.3, -0.25) is 4.79 Å². The Labute approximate surface area is 250 Å². The Hall–Kier alpha value is -4.36. The SMILES string of the molecule is CCOC(=O)CCCCCc1nnc(-c2cnc(Nc3ccc(S(C)(=O)=O)c(C)c3)nc2N[C@H](CO)c2ccccc2)o1. The van der Waals surface area contributed by atoms with Crippen molar-refractivity contribution < 1.29 is 27.5 Å². The van der Waals surface area contributed by atoms with Crippen LogP contribution >= 0.6 is 0 Å². The minimum atomic E-state index is -3.36. The van der Waals surface area contributed by atoms with E-state index in [2.05, 4.69) is 30.8 Å². The highest BCUT2D eigenvalue weighted by molar-refractivity contribution is 7.90. The molecule has 0 amide bonds. The molecule has 4 aromatic rings. The number of carbonyl (C=O) groups excluding carboxylic acids is 1. The highest BCUT2D eigenvalue weighted by atomic mass is 32.2. The van der Waals surface area contributed by atoms with E-state index in [0.717, 1.165) is 24.8 Å². The first-order chi connectivity index (χ1) is 20.7. The van der Waals surface area contributed by atoms with Crippen molar-refractivity contribution in [1.29, 1.82) is 0 Å². The van der Waals surface area contributed by atoms with Crippen molar-refractivity contribution in [3.05, 3.63) is 71.7 Å². The summed E-state index contributed by atoms with van der Waals surface area (Å²) in [5.74, 6) is 1.06. The maximum atomic E-state index is 12.0. The van der Waals surface area contributed by atoms with E-state index in [4.69, 9.17) is 9.15 Å². The lowest BCUT2D eigenvalue weighted by molar-refractivity contribution is -0.143. The van der Waals surface area contributed by atoms with Crippen molar-refractivity contribution >= 4 is 33.3 Å². The summed E-state index contributed by atoms with van der Waals surface area (Å²) in [6.45, 7) is 3.68. The molecule has 13 heteroatoms. The number of aromatic nitrogens is 4. The lowest BCUT2D eigenvalue weighted by Gasteiger charge is -2.19. The number of nitrogens with zero attached hydrogens (tertiary/aromatic N) is 4. The topological polar surface area (TPSA) is 169 Å². The molecule has 3 N–H and O–H groups in total. The number of aliphatic hydroxyl groups is 1. The van der Waals surface area contributed by atoms with Crippen LogP contribution in [0.2, 0.25) is 0 Å². The van der Waals surface area contributed by atoms with Crippen LogP contribution in [0.3, 0.4) is 0 Å². The number of benzene rings is 2. The minimum Gasteiger partial charge on any atom is -0.466 e. The maximum Gasteiger partial charge on any atom is 0.305 e. The molecule has 4 rings (SSSR count). The van der Waals surface area contributed by atoms with Crippen molar-refractivity contribution in [3.63, 3.8) is 0 Å². The molecule has 1 atom stereocenters. The second-order valence-corrected chi connectivity index (χ2v) is 12.0. The molecule has 0 bridgehead atoms. The summed E-state index contributed by atoms with van der Waals surface area (Å²) in [6.07, 6.45) is 5.94. The van der Waals surface area contributed by atoms with Gasteiger partial charge in [-0.1, -0.05) is 36.8 Å². The molecule has 2 heterocycles. The number of nitrogens with one attached hydrogen (secondary N) is 2. The average molecular weight is 609 g/mol. The number of hydrogen-bond donors (Lipinski definition) is 3. The van der Waals surface area contributed by atoms with Crippen LogP contribution in [0.1, 0.15) is 55.7 Å². The number of carbonyl (C=O) groups is 1. The summed E-state index contributed by atoms with van der Waals surface area (Å²) in [7, 11) is -3.36. The number of esters is 1. The molecular formula is C30H36N6O6S. The van der Waals surface area contributed by atoms with E-state index in [1.165, 1.54) is 12.3 Å². The monoisotopic (exact) mass is 608 g/mol. The second kappa shape index (κ2) is 14.7. The third-order valence-electron chi connectivity index (χ3n) is 6.59. The van der Waals surface area contributed by atoms with Crippen molar-refractivity contribution in [1.82, 2.24) is 20.2 Å². The number of aliphatic hydroxyl groups excluding tert-OH is 1. The van der Waals surface area contributed by atoms with E-state index in [9.17, 15) is 18.3 Å². The van der Waals surface area contributed by atoms with Crippen LogP contribution in [0.25, 0.3) is 11.5 Å². The van der Waals surface area contributed by atoms with Crippen LogP contribution in [0, 0.1) is 6.92 Å². The van der Waals surface area contributed by atoms with Gasteiger partial charge in [0.2, 0.25) is 11.8 Å². The standard InChI is InChI=1S/C30H36N6O6S/c1-4-41-27(38)14-10-6-9-13-26-35-36-29(42-26)23-18-31-30(32-22-15-16-25(20(2)17-22)43(3,39)40)34-28(23)33-24(19-37)21-11-7-5-8-12-21/h5,7-8,11-12,15-18,24,37H,4,6,9-10,13-14,19H2,1-3H3,(H2,31,32,33,34)/t24-/m1/s1. The third-order valence-corrected chi connectivity index (χ3v) is 7.85. The molecule has 0 radical (unpaired) electrons. The van der Waals surface area contributed by atoms with Crippen molar-refractivity contribution in [3.8, 4) is 11.5 Å². The van der Waals surface area contributed by atoms with Gasteiger partial charge in [0.25, 0.3) is 5.89 Å². The van der Waals surface area contributed by atoms with E-state index in [-0.39, 0.29) is 29.3 Å². The number of anilines is 3. The predicted molar refractivity (Wildman–Crippen MR) is 162 cm³/mol. The number of ether oxygens (including phenoxy) is 1. The Kier molecular flexibility index (Phi) is 10.8. The lowest BCUT2D eigenvalue weighted by Crippen LogP contribution is -2.17. The molecule has 0 saturated heterocycles. The van der Waals surface area contributed by atoms with E-state index in [0.29, 0.717) is 48.0 Å². The van der Waals surface area contributed by atoms with Crippen LogP contribution in [0.15, 0.2) is 64.0 Å². The zero-order valence-electron chi connectivity index (χ0n) is 24.4. The maximum absolute atomic E-state index is 12.0. The van der Waals surface area contributed by atoms with Gasteiger partial charge in [-0.2, -0.15) is 4.98 Å². The first-order valence-electron chi connectivity index (χ1n) is 14.0. The van der Waals surface area contributed by atoms with Crippen molar-refractivity contribution in [2.75, 3.05) is 30.1 Å². The highest BCUT2D eigenvalue weighted by Gasteiger charge is 2.20. The smallest absolute Gasteiger partial charge is 0.305 e. The summed E-state index contributed by atoms with van der Waals surface area (Å²) < 4.78 is 34.9. The minimum absolute atomic E-state index is 0.196. The van der Waals surface area contributed by atoms with Crippen molar-refractivity contribution in [2.24, 2.45) is 0 Å². The van der Waals surface area contributed by atoms with Crippen LogP contribution < -0.4 is 10.6 Å². The van der Waals surface area contributed by atoms with Gasteiger partial charge in [0.15, 0.2) is 9.84 Å². The fourth-order valence-electron chi connectivity index (χ4n) is 4.48. The molecule has 2 aromatic carbocycles. The number of hydrogen-bond acceptors (Lipinski definition) is 12. The molecular weight excluding hydrogens is 572 g/mol. The number of rotatable bonds is 15. The molecule has 0 fully saturated rings. The Bertz CT molecular complexity index is 1630. The fourth-order valence-corrected chi connectivity index (χ4v) is 5.44. The van der Waals surface area contributed by atoms with Gasteiger partial charge >= 0.3 is 5.97 Å². The molecule has 0 saturated carbocycles. The molecule has 0 unspecified atom stereocenters. The first kappa shape index (κ1) is 31.6. The molecule has 0 aliphatic rings. The fraction of sp³-hybridized carbons (Fsp3) is 0.367. The van der Waals surface area contributed by atoms with Gasteiger partial charge in [0.05, 0.1) is 29.7 Å². The normalized spacial score (nSPS) is 12.1. The molecule has 0 spiro atoms. The summed E-state index contributed by atoms with van der Waals surface area (Å²) >= 11 is 0. The molecule has 12 nitrogen and oxygen atoms in total. The van der Waals surface area contributed by atoms with Gasteiger partial charge in [-0.05, 0) is 56.0 Å². The van der Waals surface area contributed by atoms with Crippen LogP contribution in [-0.4, -0.2) is 59.1 Å². The van der Waals surface area contributed by atoms with E-state index >= 15 is 0 Å². The predicted octanol–water partition coefficient (Wildman–Crippen LogP) is 4.79. The molecule has 43 heavy (non-hydrogen) atoms. The summed E-state index contributed by atoms with van der Waals surface area (Å²) in [6, 6.07) is 13.8. The van der Waals surface area contributed by atoms with E-state index < -0.39 is 15.9 Å². The largest absolute Gasteiger partial charge is 0.466 e. The Morgan fingerprint density at radius 3 is 2.58 bits per heavy atom. The van der Waals surface area contributed by atoms with Gasteiger partial charge in [-0.15, -0.1) is 10.2 Å². The van der Waals surface area contributed by atoms with Crippen LogP contribution in [0.4, 0.5) is 17.5 Å². The first-order valence-corrected chi connectivity index (χ1v) is 15.9. The lowest BCUT2D eigenvalue weighted by atomic mass is 10.1. The summed E-state index contributed by atoms with van der Waals surface area (Å²) in [5, 5.41) is 25.0. The number of unbranched alkanes of at least 4 members (excludes halogenated alkanes) is 2. The zero-order chi connectivity index (χ0) is 30.8. The van der Waals surface area contributed by atoms with E-state index in [1.54, 1.807) is 32.2 Å². The quantitative estimate of drug-likeness (QED) is 0.125. The molecule has 228 valence electrons. The Balaban J connectivity index is 1.55. The van der Waals surface area contributed by atoms with E-state index in [1.807, 2.05) is 30.3 Å². The Morgan fingerprint density at radius 2 is 1.88 bits per heavy atom. The Morgan fingerprint density at radius 1 is 1.09 bits per heavy atom. The number of sulfone groups is 1. The second-order valence-electron chi connectivity index (χ2n) is 9.99. The van der Waals surface area contributed by atoms with Gasteiger partial charge in [0, 0.05) is 31.0 Å². The zero-order valence-corrected chi connectivity index (χ0v) is 25.2. The molecule has 2 aromatic heterocycles. The summed E-state index contributed by atoms with van der Waals surface area (Å²) in [4.78, 5) is 20.9. The van der Waals surface area contributed by atoms with Gasteiger partial charge in [-0.25, -0.2) is 13.4 Å². The molecule has 0 aliphatic carbocycles. The summed E-state index contributed by atoms with van der Waals surface area (Å²) in [5.41, 5.74) is 2.49.